The lowest BCUT2D eigenvalue weighted by Gasteiger charge is -2.19. The Hall–Kier alpha value is -4.04. The molecule has 0 unspecified atom stereocenters. The van der Waals surface area contributed by atoms with Crippen molar-refractivity contribution in [1.29, 1.82) is 0 Å². The lowest BCUT2D eigenvalue weighted by atomic mass is 10.0. The van der Waals surface area contributed by atoms with Gasteiger partial charge in [0.25, 0.3) is 5.91 Å². The summed E-state index contributed by atoms with van der Waals surface area (Å²) in [4.78, 5) is 33.6. The molecule has 0 saturated carbocycles. The molecule has 180 valence electrons. The molecular formula is C26H26ClN5O3. The fourth-order valence-corrected chi connectivity index (χ4v) is 4.02. The SMILES string of the molecule is COc1ccc2[nH]c(C(=O)N[C@@H](Cc3cccc(Cl)c3)C(=O)NCc3ccc(N)nc3C)cc2c1. The number of H-pyrrole nitrogens is 1. The van der Waals surface area contributed by atoms with E-state index in [-0.39, 0.29) is 18.9 Å². The number of aryl methyl sites for hydroxylation is 1. The summed E-state index contributed by atoms with van der Waals surface area (Å²) in [5.41, 5.74) is 9.24. The van der Waals surface area contributed by atoms with Crippen molar-refractivity contribution in [3.8, 4) is 5.75 Å². The van der Waals surface area contributed by atoms with Crippen molar-refractivity contribution in [3.05, 3.63) is 88.2 Å². The van der Waals surface area contributed by atoms with Crippen LogP contribution in [-0.2, 0) is 17.8 Å². The van der Waals surface area contributed by atoms with E-state index in [1.54, 1.807) is 31.4 Å². The summed E-state index contributed by atoms with van der Waals surface area (Å²) in [6.07, 6.45) is 0.269. The number of hydrogen-bond donors (Lipinski definition) is 4. The number of nitrogens with two attached hydrogens (primary N) is 1. The van der Waals surface area contributed by atoms with E-state index in [1.807, 2.05) is 43.3 Å². The zero-order chi connectivity index (χ0) is 24.9. The van der Waals surface area contributed by atoms with Crippen molar-refractivity contribution in [1.82, 2.24) is 20.6 Å². The molecule has 4 aromatic rings. The maximum Gasteiger partial charge on any atom is 0.268 e. The Labute approximate surface area is 207 Å². The highest BCUT2D eigenvalue weighted by atomic mass is 35.5. The third-order valence-electron chi connectivity index (χ3n) is 5.69. The predicted molar refractivity (Wildman–Crippen MR) is 136 cm³/mol. The van der Waals surface area contributed by atoms with Crippen LogP contribution in [0, 0.1) is 6.92 Å². The summed E-state index contributed by atoms with van der Waals surface area (Å²) in [5, 5.41) is 7.14. The topological polar surface area (TPSA) is 122 Å². The number of benzene rings is 2. The molecule has 2 amide bonds. The number of aromatic amines is 1. The molecule has 35 heavy (non-hydrogen) atoms. The Kier molecular flexibility index (Phi) is 7.22. The van der Waals surface area contributed by atoms with Gasteiger partial charge in [-0.05, 0) is 60.5 Å². The van der Waals surface area contributed by atoms with Gasteiger partial charge in [0.1, 0.15) is 23.3 Å². The molecule has 9 heteroatoms. The predicted octanol–water partition coefficient (Wildman–Crippen LogP) is 3.77. The summed E-state index contributed by atoms with van der Waals surface area (Å²) in [7, 11) is 1.59. The molecular weight excluding hydrogens is 466 g/mol. The highest BCUT2D eigenvalue weighted by Crippen LogP contribution is 2.21. The Balaban J connectivity index is 1.53. The van der Waals surface area contributed by atoms with Crippen LogP contribution in [0.5, 0.6) is 5.75 Å². The number of ether oxygens (including phenoxy) is 1. The lowest BCUT2D eigenvalue weighted by Crippen LogP contribution is -2.48. The van der Waals surface area contributed by atoms with Crippen molar-refractivity contribution in [3.63, 3.8) is 0 Å². The number of hydrogen-bond acceptors (Lipinski definition) is 5. The monoisotopic (exact) mass is 491 g/mol. The van der Waals surface area contributed by atoms with E-state index in [4.69, 9.17) is 22.1 Å². The lowest BCUT2D eigenvalue weighted by molar-refractivity contribution is -0.123. The molecule has 4 rings (SSSR count). The maximum atomic E-state index is 13.2. The summed E-state index contributed by atoms with van der Waals surface area (Å²) in [6.45, 7) is 2.08. The standard InChI is InChI=1S/C26H26ClN5O3/c1-15-17(6-9-24(28)30-15)14-29-25(33)22(11-16-4-3-5-19(27)10-16)32-26(34)23-13-18-12-20(35-2)7-8-21(18)31-23/h3-10,12-13,22,31H,11,14H2,1-2H3,(H2,28,30)(H,29,33)(H,32,34)/t22-/m0/s1. The zero-order valence-electron chi connectivity index (χ0n) is 19.4. The van der Waals surface area contributed by atoms with Gasteiger partial charge in [0.05, 0.1) is 7.11 Å². The fraction of sp³-hybridized carbons (Fsp3) is 0.192. The molecule has 0 aliphatic heterocycles. The number of pyridine rings is 1. The molecule has 0 bridgehead atoms. The Morgan fingerprint density at radius 3 is 2.71 bits per heavy atom. The average molecular weight is 492 g/mol. The van der Waals surface area contributed by atoms with Crippen LogP contribution in [-0.4, -0.2) is 34.9 Å². The normalized spacial score (nSPS) is 11.7. The van der Waals surface area contributed by atoms with Crippen molar-refractivity contribution in [2.45, 2.75) is 25.9 Å². The van der Waals surface area contributed by atoms with Gasteiger partial charge in [-0.2, -0.15) is 0 Å². The summed E-state index contributed by atoms with van der Waals surface area (Å²) >= 11 is 6.13. The summed E-state index contributed by atoms with van der Waals surface area (Å²) in [6, 6.07) is 17.1. The second-order valence-corrected chi connectivity index (χ2v) is 8.63. The van der Waals surface area contributed by atoms with Gasteiger partial charge in [-0.25, -0.2) is 4.98 Å². The molecule has 2 heterocycles. The average Bonchev–Trinajstić information content (AvgIpc) is 3.26. The molecule has 8 nitrogen and oxygen atoms in total. The molecule has 2 aromatic carbocycles. The third-order valence-corrected chi connectivity index (χ3v) is 5.93. The number of nitrogens with one attached hydrogen (secondary N) is 3. The molecule has 5 N–H and O–H groups in total. The van der Waals surface area contributed by atoms with Gasteiger partial charge in [-0.15, -0.1) is 0 Å². The minimum absolute atomic E-state index is 0.256. The summed E-state index contributed by atoms with van der Waals surface area (Å²) in [5.74, 6) is 0.383. The quantitative estimate of drug-likeness (QED) is 0.299. The number of amides is 2. The number of halogens is 1. The highest BCUT2D eigenvalue weighted by molar-refractivity contribution is 6.30. The van der Waals surface area contributed by atoms with E-state index in [2.05, 4.69) is 20.6 Å². The van der Waals surface area contributed by atoms with Gasteiger partial charge in [0.15, 0.2) is 0 Å². The molecule has 0 spiro atoms. The highest BCUT2D eigenvalue weighted by Gasteiger charge is 2.23. The fourth-order valence-electron chi connectivity index (χ4n) is 3.81. The van der Waals surface area contributed by atoms with Crippen LogP contribution in [0.4, 0.5) is 5.82 Å². The Bertz CT molecular complexity index is 1380. The van der Waals surface area contributed by atoms with Crippen LogP contribution in [0.3, 0.4) is 0 Å². The molecule has 0 aliphatic rings. The van der Waals surface area contributed by atoms with E-state index in [0.717, 1.165) is 27.7 Å². The first-order valence-corrected chi connectivity index (χ1v) is 11.4. The third kappa shape index (κ3) is 5.91. The maximum absolute atomic E-state index is 13.2. The number of nitrogens with zero attached hydrogens (tertiary/aromatic N) is 1. The van der Waals surface area contributed by atoms with Crippen molar-refractivity contribution in [2.75, 3.05) is 12.8 Å². The number of anilines is 1. The van der Waals surface area contributed by atoms with E-state index < -0.39 is 11.9 Å². The Morgan fingerprint density at radius 1 is 1.14 bits per heavy atom. The van der Waals surface area contributed by atoms with Gasteiger partial charge in [-0.1, -0.05) is 29.8 Å². The second-order valence-electron chi connectivity index (χ2n) is 8.19. The van der Waals surface area contributed by atoms with Crippen LogP contribution in [0.25, 0.3) is 10.9 Å². The smallest absolute Gasteiger partial charge is 0.268 e. The van der Waals surface area contributed by atoms with E-state index in [0.29, 0.717) is 22.3 Å². The Morgan fingerprint density at radius 2 is 1.97 bits per heavy atom. The second kappa shape index (κ2) is 10.5. The van der Waals surface area contributed by atoms with E-state index in [1.165, 1.54) is 0 Å². The number of nitrogen functional groups attached to an aromatic ring is 1. The van der Waals surface area contributed by atoms with Crippen molar-refractivity contribution >= 4 is 40.1 Å². The minimum atomic E-state index is -0.830. The number of fused-ring (bicyclic) bond motifs is 1. The number of carbonyl (C=O) groups excluding carboxylic acids is 2. The van der Waals surface area contributed by atoms with Gasteiger partial charge in [0.2, 0.25) is 5.91 Å². The zero-order valence-corrected chi connectivity index (χ0v) is 20.1. The van der Waals surface area contributed by atoms with Gasteiger partial charge >= 0.3 is 0 Å². The number of methoxy groups -OCH3 is 1. The first-order valence-electron chi connectivity index (χ1n) is 11.0. The van der Waals surface area contributed by atoms with Gasteiger partial charge in [0, 0.05) is 34.6 Å². The summed E-state index contributed by atoms with van der Waals surface area (Å²) < 4.78 is 5.25. The molecule has 0 aliphatic carbocycles. The van der Waals surface area contributed by atoms with E-state index in [9.17, 15) is 9.59 Å². The van der Waals surface area contributed by atoms with Crippen LogP contribution in [0.2, 0.25) is 5.02 Å². The van der Waals surface area contributed by atoms with Gasteiger partial charge < -0.3 is 26.1 Å². The van der Waals surface area contributed by atoms with Crippen LogP contribution in [0.15, 0.2) is 60.7 Å². The minimum Gasteiger partial charge on any atom is -0.497 e. The van der Waals surface area contributed by atoms with Crippen LogP contribution in [0.1, 0.15) is 27.3 Å². The molecule has 0 radical (unpaired) electrons. The molecule has 0 saturated heterocycles. The van der Waals surface area contributed by atoms with Crippen molar-refractivity contribution in [2.24, 2.45) is 0 Å². The number of rotatable bonds is 8. The van der Waals surface area contributed by atoms with Gasteiger partial charge in [-0.3, -0.25) is 9.59 Å². The largest absolute Gasteiger partial charge is 0.497 e. The number of carbonyl (C=O) groups is 2. The molecule has 1 atom stereocenters. The van der Waals surface area contributed by atoms with E-state index >= 15 is 0 Å². The molecule has 2 aromatic heterocycles. The first kappa shape index (κ1) is 24.1. The first-order chi connectivity index (χ1) is 16.8. The number of aromatic nitrogens is 2. The van der Waals surface area contributed by atoms with Crippen LogP contribution >= 0.6 is 11.6 Å². The van der Waals surface area contributed by atoms with Crippen LogP contribution < -0.4 is 21.1 Å². The molecule has 0 fully saturated rings. The van der Waals surface area contributed by atoms with Crippen molar-refractivity contribution < 1.29 is 14.3 Å².